The third-order valence-electron chi connectivity index (χ3n) is 3.14. The first-order valence-electron chi connectivity index (χ1n) is 7.71. The zero-order valence-electron chi connectivity index (χ0n) is 13.3. The van der Waals surface area contributed by atoms with Crippen molar-refractivity contribution in [1.29, 1.82) is 0 Å². The highest BCUT2D eigenvalue weighted by Crippen LogP contribution is 2.11. The van der Waals surface area contributed by atoms with Gasteiger partial charge in [0.25, 0.3) is 0 Å². The number of carbonyl (C=O) groups excluding carboxylic acids is 1. The summed E-state index contributed by atoms with van der Waals surface area (Å²) in [5.74, 6) is 0.632. The van der Waals surface area contributed by atoms with Gasteiger partial charge < -0.3 is 9.47 Å². The van der Waals surface area contributed by atoms with Crippen molar-refractivity contribution in [3.63, 3.8) is 0 Å². The summed E-state index contributed by atoms with van der Waals surface area (Å²) in [6, 6.07) is 3.44. The summed E-state index contributed by atoms with van der Waals surface area (Å²) in [7, 11) is 0. The monoisotopic (exact) mass is 294 g/mol. The third kappa shape index (κ3) is 6.23. The molecule has 1 fully saturated rings. The zero-order valence-corrected chi connectivity index (χ0v) is 13.3. The first kappa shape index (κ1) is 17.6. The van der Waals surface area contributed by atoms with Crippen LogP contribution in [0.1, 0.15) is 37.6 Å². The lowest BCUT2D eigenvalue weighted by molar-refractivity contribution is 0.0320. The maximum absolute atomic E-state index is 11.6. The number of rotatable bonds is 6. The Morgan fingerprint density at radius 2 is 2.10 bits per heavy atom. The highest BCUT2D eigenvalue weighted by Gasteiger charge is 2.10. The standard InChI is InChI=1S/C14H20N2O3.C2H6/c1-2-13(17)12-3-4-15-14(11-12)19-10-7-16-5-8-18-9-6-16;1-2/h3-4,11H,2,5-10H2,1H3;1-2H3. The van der Waals surface area contributed by atoms with E-state index in [1.165, 1.54) is 0 Å². The Bertz CT molecular complexity index is 418. The van der Waals surface area contributed by atoms with Gasteiger partial charge in [0.2, 0.25) is 5.88 Å². The Balaban J connectivity index is 0.00000106. The van der Waals surface area contributed by atoms with Crippen LogP contribution in [0.5, 0.6) is 5.88 Å². The van der Waals surface area contributed by atoms with E-state index in [-0.39, 0.29) is 5.78 Å². The zero-order chi connectivity index (χ0) is 15.5. The lowest BCUT2D eigenvalue weighted by atomic mass is 10.1. The molecule has 0 saturated carbocycles. The first-order chi connectivity index (χ1) is 10.3. The largest absolute Gasteiger partial charge is 0.476 e. The molecule has 0 bridgehead atoms. The molecule has 1 aromatic heterocycles. The topological polar surface area (TPSA) is 51.7 Å². The molecule has 5 nitrogen and oxygen atoms in total. The van der Waals surface area contributed by atoms with Crippen molar-refractivity contribution in [3.05, 3.63) is 23.9 Å². The Kier molecular flexibility index (Phi) is 8.62. The van der Waals surface area contributed by atoms with Crippen LogP contribution in [0, 0.1) is 0 Å². The van der Waals surface area contributed by atoms with Crippen molar-refractivity contribution >= 4 is 5.78 Å². The number of ether oxygens (including phenoxy) is 2. The van der Waals surface area contributed by atoms with Crippen LogP contribution in [0.4, 0.5) is 0 Å². The van der Waals surface area contributed by atoms with Crippen molar-refractivity contribution in [2.45, 2.75) is 27.2 Å². The van der Waals surface area contributed by atoms with Crippen molar-refractivity contribution in [1.82, 2.24) is 9.88 Å². The third-order valence-corrected chi connectivity index (χ3v) is 3.14. The fourth-order valence-corrected chi connectivity index (χ4v) is 1.97. The first-order valence-corrected chi connectivity index (χ1v) is 7.71. The summed E-state index contributed by atoms with van der Waals surface area (Å²) in [4.78, 5) is 18.0. The van der Waals surface area contributed by atoms with Gasteiger partial charge in [-0.1, -0.05) is 20.8 Å². The molecule has 5 heteroatoms. The summed E-state index contributed by atoms with van der Waals surface area (Å²) >= 11 is 0. The molecule has 0 radical (unpaired) electrons. The van der Waals surface area contributed by atoms with E-state index in [4.69, 9.17) is 9.47 Å². The molecule has 0 amide bonds. The average molecular weight is 294 g/mol. The number of morpholine rings is 1. The van der Waals surface area contributed by atoms with Gasteiger partial charge in [-0.2, -0.15) is 0 Å². The highest BCUT2D eigenvalue weighted by molar-refractivity contribution is 5.95. The van der Waals surface area contributed by atoms with Crippen LogP contribution in [0.15, 0.2) is 18.3 Å². The SMILES string of the molecule is CC.CCC(=O)c1ccnc(OCCN2CCOCC2)c1. The van der Waals surface area contributed by atoms with E-state index in [1.54, 1.807) is 18.3 Å². The normalized spacial score (nSPS) is 15.0. The van der Waals surface area contributed by atoms with Gasteiger partial charge in [-0.25, -0.2) is 4.98 Å². The van der Waals surface area contributed by atoms with E-state index in [1.807, 2.05) is 20.8 Å². The van der Waals surface area contributed by atoms with Gasteiger partial charge in [0.1, 0.15) is 6.61 Å². The molecule has 118 valence electrons. The van der Waals surface area contributed by atoms with E-state index in [0.29, 0.717) is 24.5 Å². The quantitative estimate of drug-likeness (QED) is 0.754. The minimum absolute atomic E-state index is 0.112. The van der Waals surface area contributed by atoms with E-state index >= 15 is 0 Å². The Labute approximate surface area is 127 Å². The van der Waals surface area contributed by atoms with Crippen molar-refractivity contribution in [3.8, 4) is 5.88 Å². The van der Waals surface area contributed by atoms with Crippen molar-refractivity contribution in [2.75, 3.05) is 39.5 Å². The second-order valence-electron chi connectivity index (χ2n) is 4.46. The summed E-state index contributed by atoms with van der Waals surface area (Å²) in [6.45, 7) is 10.8. The van der Waals surface area contributed by atoms with Gasteiger partial charge in [-0.05, 0) is 6.07 Å². The predicted octanol–water partition coefficient (Wildman–Crippen LogP) is 2.41. The molecule has 21 heavy (non-hydrogen) atoms. The van der Waals surface area contributed by atoms with Crippen LogP contribution in [0.25, 0.3) is 0 Å². The number of Topliss-reactive ketones (excluding diaryl/α,β-unsaturated/α-hetero) is 1. The van der Waals surface area contributed by atoms with Gasteiger partial charge in [-0.15, -0.1) is 0 Å². The van der Waals surface area contributed by atoms with Gasteiger partial charge in [0, 0.05) is 43.9 Å². The maximum Gasteiger partial charge on any atom is 0.213 e. The maximum atomic E-state index is 11.6. The number of pyridine rings is 1. The van der Waals surface area contributed by atoms with Crippen molar-refractivity contribution in [2.24, 2.45) is 0 Å². The molecule has 1 aromatic rings. The van der Waals surface area contributed by atoms with Gasteiger partial charge in [-0.3, -0.25) is 9.69 Å². The minimum atomic E-state index is 0.112. The molecule has 0 aromatic carbocycles. The molecule has 1 saturated heterocycles. The molecule has 0 atom stereocenters. The fraction of sp³-hybridized carbons (Fsp3) is 0.625. The molecule has 2 rings (SSSR count). The fourth-order valence-electron chi connectivity index (χ4n) is 1.97. The van der Waals surface area contributed by atoms with Crippen LogP contribution in [0.3, 0.4) is 0 Å². The second kappa shape index (κ2) is 10.3. The Hall–Kier alpha value is -1.46. The number of hydrogen-bond acceptors (Lipinski definition) is 5. The molecular formula is C16H26N2O3. The second-order valence-corrected chi connectivity index (χ2v) is 4.46. The lowest BCUT2D eigenvalue weighted by Crippen LogP contribution is -2.38. The number of aromatic nitrogens is 1. The van der Waals surface area contributed by atoms with Gasteiger partial charge in [0.05, 0.1) is 13.2 Å². The molecule has 0 aliphatic carbocycles. The lowest BCUT2D eigenvalue weighted by Gasteiger charge is -2.26. The summed E-state index contributed by atoms with van der Waals surface area (Å²) in [5, 5.41) is 0. The smallest absolute Gasteiger partial charge is 0.213 e. The van der Waals surface area contributed by atoms with Crippen LogP contribution >= 0.6 is 0 Å². The molecular weight excluding hydrogens is 268 g/mol. The highest BCUT2D eigenvalue weighted by atomic mass is 16.5. The number of nitrogens with zero attached hydrogens (tertiary/aromatic N) is 2. The summed E-state index contributed by atoms with van der Waals surface area (Å²) < 4.78 is 10.9. The van der Waals surface area contributed by atoms with E-state index in [0.717, 1.165) is 32.8 Å². The predicted molar refractivity (Wildman–Crippen MR) is 83.0 cm³/mol. The van der Waals surface area contributed by atoms with E-state index in [2.05, 4.69) is 9.88 Å². The number of hydrogen-bond donors (Lipinski definition) is 0. The molecule has 0 spiro atoms. The molecule has 2 heterocycles. The van der Waals surface area contributed by atoms with Crippen LogP contribution < -0.4 is 4.74 Å². The van der Waals surface area contributed by atoms with Crippen LogP contribution in [0.2, 0.25) is 0 Å². The van der Waals surface area contributed by atoms with Crippen LogP contribution in [-0.4, -0.2) is 55.1 Å². The molecule has 1 aliphatic rings. The summed E-state index contributed by atoms with van der Waals surface area (Å²) in [5.41, 5.74) is 0.666. The molecule has 0 N–H and O–H groups in total. The minimum Gasteiger partial charge on any atom is -0.476 e. The van der Waals surface area contributed by atoms with Gasteiger partial charge >= 0.3 is 0 Å². The Morgan fingerprint density at radius 3 is 2.76 bits per heavy atom. The molecule has 1 aliphatic heterocycles. The van der Waals surface area contributed by atoms with Crippen LogP contribution in [-0.2, 0) is 4.74 Å². The molecule has 0 unspecified atom stereocenters. The average Bonchev–Trinajstić information content (AvgIpc) is 2.57. The summed E-state index contributed by atoms with van der Waals surface area (Å²) in [6.07, 6.45) is 2.12. The number of ketones is 1. The van der Waals surface area contributed by atoms with E-state index in [9.17, 15) is 4.79 Å². The van der Waals surface area contributed by atoms with Crippen molar-refractivity contribution < 1.29 is 14.3 Å². The Morgan fingerprint density at radius 1 is 1.38 bits per heavy atom. The van der Waals surface area contributed by atoms with E-state index < -0.39 is 0 Å². The number of carbonyl (C=O) groups is 1. The van der Waals surface area contributed by atoms with Gasteiger partial charge in [0.15, 0.2) is 5.78 Å².